The Morgan fingerprint density at radius 1 is 1.12 bits per heavy atom. The lowest BCUT2D eigenvalue weighted by molar-refractivity contribution is -0.384. The summed E-state index contributed by atoms with van der Waals surface area (Å²) in [5, 5.41) is 13.6. The molecule has 0 saturated carbocycles. The van der Waals surface area contributed by atoms with Gasteiger partial charge in [0, 0.05) is 43.9 Å². The molecule has 1 aliphatic rings. The third kappa shape index (κ3) is 4.87. The minimum atomic E-state index is -0.510. The summed E-state index contributed by atoms with van der Waals surface area (Å²) in [5.41, 5.74) is 2.39. The molecule has 7 heteroatoms. The highest BCUT2D eigenvalue weighted by Crippen LogP contribution is 2.13. The summed E-state index contributed by atoms with van der Waals surface area (Å²) >= 11 is 0. The lowest BCUT2D eigenvalue weighted by atomic mass is 10.1. The molecule has 1 heterocycles. The molecule has 3 rings (SSSR count). The molecule has 1 amide bonds. The van der Waals surface area contributed by atoms with Crippen LogP contribution in [0.25, 0.3) is 0 Å². The first-order valence-electron chi connectivity index (χ1n) is 8.52. The van der Waals surface area contributed by atoms with E-state index in [1.807, 2.05) is 12.1 Å². The fraction of sp³-hybridized carbons (Fsp3) is 0.316. The first-order chi connectivity index (χ1) is 12.6. The molecule has 1 N–H and O–H groups in total. The van der Waals surface area contributed by atoms with Crippen molar-refractivity contribution < 1.29 is 14.5 Å². The number of benzene rings is 2. The lowest BCUT2D eigenvalue weighted by Gasteiger charge is -2.26. The smallest absolute Gasteiger partial charge is 0.270 e. The molecule has 7 nitrogen and oxygen atoms in total. The molecular formula is C19H21N3O4. The van der Waals surface area contributed by atoms with Gasteiger partial charge in [-0.2, -0.15) is 0 Å². The van der Waals surface area contributed by atoms with Crippen molar-refractivity contribution in [1.29, 1.82) is 0 Å². The van der Waals surface area contributed by atoms with Gasteiger partial charge in [-0.05, 0) is 17.2 Å². The van der Waals surface area contributed by atoms with Crippen LogP contribution in [0, 0.1) is 10.1 Å². The largest absolute Gasteiger partial charge is 0.379 e. The molecule has 1 aliphatic heterocycles. The monoisotopic (exact) mass is 355 g/mol. The van der Waals surface area contributed by atoms with Crippen molar-refractivity contribution in [1.82, 2.24) is 10.2 Å². The Labute approximate surface area is 151 Å². The minimum Gasteiger partial charge on any atom is -0.379 e. The van der Waals surface area contributed by atoms with Crippen LogP contribution in [0.2, 0.25) is 0 Å². The quantitative estimate of drug-likeness (QED) is 0.635. The lowest BCUT2D eigenvalue weighted by Crippen LogP contribution is -2.35. The number of carbonyl (C=O) groups excluding carboxylic acids is 1. The molecule has 2 aromatic rings. The number of ether oxygens (including phenoxy) is 1. The van der Waals surface area contributed by atoms with Crippen molar-refractivity contribution in [3.8, 4) is 0 Å². The van der Waals surface area contributed by atoms with Crippen LogP contribution in [0.3, 0.4) is 0 Å². The van der Waals surface area contributed by atoms with E-state index in [1.54, 1.807) is 6.07 Å². The van der Waals surface area contributed by atoms with Gasteiger partial charge in [-0.15, -0.1) is 0 Å². The molecule has 0 atom stereocenters. The highest BCUT2D eigenvalue weighted by Gasteiger charge is 2.12. The second kappa shape index (κ2) is 8.55. The summed E-state index contributed by atoms with van der Waals surface area (Å²) < 4.78 is 5.35. The van der Waals surface area contributed by atoms with Crippen molar-refractivity contribution in [2.45, 2.75) is 13.1 Å². The molecule has 26 heavy (non-hydrogen) atoms. The second-order valence-corrected chi connectivity index (χ2v) is 6.20. The van der Waals surface area contributed by atoms with Crippen LogP contribution in [-0.4, -0.2) is 42.0 Å². The van der Waals surface area contributed by atoms with Gasteiger partial charge in [0.2, 0.25) is 0 Å². The van der Waals surface area contributed by atoms with Gasteiger partial charge in [-0.3, -0.25) is 19.8 Å². The van der Waals surface area contributed by atoms with E-state index in [0.717, 1.165) is 38.4 Å². The summed E-state index contributed by atoms with van der Waals surface area (Å²) in [5.74, 6) is -0.328. The van der Waals surface area contributed by atoms with E-state index in [0.29, 0.717) is 6.54 Å². The zero-order valence-corrected chi connectivity index (χ0v) is 14.4. The standard InChI is InChI=1S/C19H21N3O4/c23-19(17-2-1-3-18(12-17)22(24)25)20-13-15-4-6-16(7-5-15)14-21-8-10-26-11-9-21/h1-7,12H,8-11,13-14H2,(H,20,23). The molecule has 1 fully saturated rings. The van der Waals surface area contributed by atoms with E-state index >= 15 is 0 Å². The SMILES string of the molecule is O=C(NCc1ccc(CN2CCOCC2)cc1)c1cccc([N+](=O)[O-])c1. The molecular weight excluding hydrogens is 334 g/mol. The Morgan fingerprint density at radius 3 is 2.50 bits per heavy atom. The Balaban J connectivity index is 1.53. The van der Waals surface area contributed by atoms with Crippen LogP contribution in [0.5, 0.6) is 0 Å². The number of morpholine rings is 1. The van der Waals surface area contributed by atoms with Gasteiger partial charge < -0.3 is 10.1 Å². The highest BCUT2D eigenvalue weighted by molar-refractivity contribution is 5.94. The third-order valence-corrected chi connectivity index (χ3v) is 4.31. The van der Waals surface area contributed by atoms with E-state index in [-0.39, 0.29) is 17.2 Å². The number of nitrogens with one attached hydrogen (secondary N) is 1. The maximum absolute atomic E-state index is 12.2. The van der Waals surface area contributed by atoms with Crippen LogP contribution in [0.4, 0.5) is 5.69 Å². The Morgan fingerprint density at radius 2 is 1.81 bits per heavy atom. The van der Waals surface area contributed by atoms with Gasteiger partial charge >= 0.3 is 0 Å². The van der Waals surface area contributed by atoms with Crippen molar-refractivity contribution in [3.05, 3.63) is 75.3 Å². The summed E-state index contributed by atoms with van der Waals surface area (Å²) in [6.07, 6.45) is 0. The first-order valence-corrected chi connectivity index (χ1v) is 8.52. The van der Waals surface area contributed by atoms with Crippen LogP contribution in [0.1, 0.15) is 21.5 Å². The van der Waals surface area contributed by atoms with Gasteiger partial charge in [0.1, 0.15) is 0 Å². The first kappa shape index (κ1) is 18.0. The number of nitro groups is 1. The minimum absolute atomic E-state index is 0.0925. The zero-order valence-electron chi connectivity index (χ0n) is 14.4. The average molecular weight is 355 g/mol. The molecule has 136 valence electrons. The number of nitro benzene ring substituents is 1. The average Bonchev–Trinajstić information content (AvgIpc) is 2.68. The predicted molar refractivity (Wildman–Crippen MR) is 96.8 cm³/mol. The van der Waals surface area contributed by atoms with Crippen LogP contribution < -0.4 is 5.32 Å². The maximum atomic E-state index is 12.2. The molecule has 0 aliphatic carbocycles. The Kier molecular flexibility index (Phi) is 5.93. The van der Waals surface area contributed by atoms with Crippen LogP contribution >= 0.6 is 0 Å². The third-order valence-electron chi connectivity index (χ3n) is 4.31. The van der Waals surface area contributed by atoms with Crippen molar-refractivity contribution in [2.24, 2.45) is 0 Å². The summed E-state index contributed by atoms with van der Waals surface area (Å²) in [7, 11) is 0. The van der Waals surface area contributed by atoms with Crippen molar-refractivity contribution >= 4 is 11.6 Å². The molecule has 0 radical (unpaired) electrons. The summed E-state index contributed by atoms with van der Waals surface area (Å²) in [6.45, 7) is 4.72. The van der Waals surface area contributed by atoms with E-state index < -0.39 is 4.92 Å². The predicted octanol–water partition coefficient (Wildman–Crippen LogP) is 2.36. The van der Waals surface area contributed by atoms with Crippen molar-refractivity contribution in [3.63, 3.8) is 0 Å². The topological polar surface area (TPSA) is 84.7 Å². The van der Waals surface area contributed by atoms with Gasteiger partial charge in [-0.1, -0.05) is 30.3 Å². The number of nitrogens with zero attached hydrogens (tertiary/aromatic N) is 2. The van der Waals surface area contributed by atoms with Gasteiger partial charge in [-0.25, -0.2) is 0 Å². The second-order valence-electron chi connectivity index (χ2n) is 6.20. The van der Waals surface area contributed by atoms with Gasteiger partial charge in [0.15, 0.2) is 0 Å². The fourth-order valence-electron chi connectivity index (χ4n) is 2.83. The van der Waals surface area contributed by atoms with Crippen LogP contribution in [-0.2, 0) is 17.8 Å². The fourth-order valence-corrected chi connectivity index (χ4v) is 2.83. The van der Waals surface area contributed by atoms with Gasteiger partial charge in [0.25, 0.3) is 11.6 Å². The number of amides is 1. The number of hydrogen-bond acceptors (Lipinski definition) is 5. The molecule has 0 bridgehead atoms. The number of carbonyl (C=O) groups is 1. The molecule has 0 aromatic heterocycles. The Hall–Kier alpha value is -2.77. The van der Waals surface area contributed by atoms with Gasteiger partial charge in [0.05, 0.1) is 18.1 Å². The molecule has 1 saturated heterocycles. The van der Waals surface area contributed by atoms with Crippen molar-refractivity contribution in [2.75, 3.05) is 26.3 Å². The highest BCUT2D eigenvalue weighted by atomic mass is 16.6. The van der Waals surface area contributed by atoms with E-state index in [4.69, 9.17) is 4.74 Å². The number of hydrogen-bond donors (Lipinski definition) is 1. The normalized spacial score (nSPS) is 14.8. The summed E-state index contributed by atoms with van der Waals surface area (Å²) in [6, 6.07) is 13.8. The number of non-ortho nitro benzene ring substituents is 1. The molecule has 0 spiro atoms. The Bertz CT molecular complexity index is 771. The zero-order chi connectivity index (χ0) is 18.4. The van der Waals surface area contributed by atoms with E-state index in [1.165, 1.54) is 23.8 Å². The van der Waals surface area contributed by atoms with Crippen LogP contribution in [0.15, 0.2) is 48.5 Å². The van der Waals surface area contributed by atoms with E-state index in [9.17, 15) is 14.9 Å². The maximum Gasteiger partial charge on any atom is 0.270 e. The molecule has 0 unspecified atom stereocenters. The summed E-state index contributed by atoms with van der Waals surface area (Å²) in [4.78, 5) is 24.8. The molecule has 2 aromatic carbocycles. The van der Waals surface area contributed by atoms with E-state index in [2.05, 4.69) is 22.3 Å². The number of rotatable bonds is 6.